The van der Waals surface area contributed by atoms with E-state index in [1.54, 1.807) is 0 Å². The molecule has 0 bridgehead atoms. The van der Waals surface area contributed by atoms with Crippen molar-refractivity contribution in [1.29, 1.82) is 0 Å². The Bertz CT molecular complexity index is 422. The Labute approximate surface area is 122 Å². The van der Waals surface area contributed by atoms with Gasteiger partial charge in [-0.1, -0.05) is 26.2 Å². The van der Waals surface area contributed by atoms with Crippen LogP contribution in [0.25, 0.3) is 0 Å². The van der Waals surface area contributed by atoms with E-state index in [2.05, 4.69) is 24.1 Å². The van der Waals surface area contributed by atoms with Crippen molar-refractivity contribution in [3.8, 4) is 0 Å². The highest BCUT2D eigenvalue weighted by atomic mass is 16.5. The second-order valence-electron chi connectivity index (χ2n) is 5.63. The minimum absolute atomic E-state index is 0.262. The molecule has 1 aliphatic carbocycles. The summed E-state index contributed by atoms with van der Waals surface area (Å²) < 4.78 is 6.12. The van der Waals surface area contributed by atoms with E-state index in [1.165, 1.54) is 19.3 Å². The molecule has 0 aliphatic heterocycles. The van der Waals surface area contributed by atoms with Crippen molar-refractivity contribution in [3.05, 3.63) is 17.6 Å². The number of anilines is 1. The van der Waals surface area contributed by atoms with E-state index in [-0.39, 0.29) is 5.60 Å². The van der Waals surface area contributed by atoms with Crippen LogP contribution in [0.3, 0.4) is 0 Å². The lowest BCUT2D eigenvalue weighted by molar-refractivity contribution is -0.0767. The lowest BCUT2D eigenvalue weighted by atomic mass is 9.83. The molecule has 0 unspecified atom stereocenters. The van der Waals surface area contributed by atoms with E-state index >= 15 is 0 Å². The predicted molar refractivity (Wildman–Crippen MR) is 81.9 cm³/mol. The number of nitrogens with zero attached hydrogens (tertiary/aromatic N) is 2. The van der Waals surface area contributed by atoms with Crippen molar-refractivity contribution < 1.29 is 4.74 Å². The molecular weight excluding hydrogens is 250 g/mol. The van der Waals surface area contributed by atoms with E-state index in [1.807, 2.05) is 13.0 Å². The molecule has 1 aromatic rings. The fourth-order valence-electron chi connectivity index (χ4n) is 2.95. The van der Waals surface area contributed by atoms with Crippen molar-refractivity contribution >= 4 is 5.82 Å². The number of rotatable bonds is 6. The van der Waals surface area contributed by atoms with Crippen LogP contribution in [0.1, 0.15) is 63.9 Å². The van der Waals surface area contributed by atoms with Gasteiger partial charge in [-0.3, -0.25) is 0 Å². The molecule has 1 heterocycles. The molecule has 4 heteroatoms. The molecule has 0 atom stereocenters. The van der Waals surface area contributed by atoms with Gasteiger partial charge in [-0.15, -0.1) is 0 Å². The van der Waals surface area contributed by atoms with Gasteiger partial charge in [-0.05, 0) is 33.1 Å². The largest absolute Gasteiger partial charge is 0.370 e. The van der Waals surface area contributed by atoms with Crippen LogP contribution >= 0.6 is 0 Å². The zero-order valence-electron chi connectivity index (χ0n) is 13.0. The molecule has 1 aliphatic rings. The van der Waals surface area contributed by atoms with Gasteiger partial charge in [0.25, 0.3) is 0 Å². The summed E-state index contributed by atoms with van der Waals surface area (Å²) in [6.07, 6.45) is 6.87. The molecule has 0 saturated heterocycles. The quantitative estimate of drug-likeness (QED) is 0.859. The van der Waals surface area contributed by atoms with Gasteiger partial charge in [0, 0.05) is 24.9 Å². The van der Waals surface area contributed by atoms with Crippen LogP contribution in [0.2, 0.25) is 0 Å². The molecule has 1 N–H and O–H groups in total. The fourth-order valence-corrected chi connectivity index (χ4v) is 2.95. The maximum absolute atomic E-state index is 6.12. The number of aryl methyl sites for hydroxylation is 1. The molecule has 1 aromatic heterocycles. The monoisotopic (exact) mass is 277 g/mol. The van der Waals surface area contributed by atoms with Gasteiger partial charge in [0.1, 0.15) is 11.4 Å². The van der Waals surface area contributed by atoms with Gasteiger partial charge in [-0.25, -0.2) is 9.97 Å². The average Bonchev–Trinajstić information content (AvgIpc) is 2.46. The van der Waals surface area contributed by atoms with Crippen LogP contribution in [0.5, 0.6) is 0 Å². The molecule has 1 saturated carbocycles. The summed E-state index contributed by atoms with van der Waals surface area (Å²) in [6, 6.07) is 2.02. The molecule has 0 aromatic carbocycles. The smallest absolute Gasteiger partial charge is 0.162 e. The third-order valence-electron chi connectivity index (χ3n) is 3.90. The van der Waals surface area contributed by atoms with E-state index in [0.717, 1.165) is 49.8 Å². The first-order valence-corrected chi connectivity index (χ1v) is 7.94. The Morgan fingerprint density at radius 2 is 1.95 bits per heavy atom. The number of nitrogens with one attached hydrogen (secondary N) is 1. The van der Waals surface area contributed by atoms with E-state index < -0.39 is 0 Å². The van der Waals surface area contributed by atoms with Gasteiger partial charge in [0.2, 0.25) is 0 Å². The van der Waals surface area contributed by atoms with Crippen LogP contribution in [0.15, 0.2) is 6.07 Å². The van der Waals surface area contributed by atoms with E-state index in [0.29, 0.717) is 0 Å². The fraction of sp³-hybridized carbons (Fsp3) is 0.750. The highest BCUT2D eigenvalue weighted by Gasteiger charge is 2.37. The molecular formula is C16H27N3O. The molecule has 0 amide bonds. The first kappa shape index (κ1) is 15.2. The summed E-state index contributed by atoms with van der Waals surface area (Å²) in [7, 11) is 0. The maximum Gasteiger partial charge on any atom is 0.162 e. The number of aromatic nitrogens is 2. The van der Waals surface area contributed by atoms with Crippen molar-refractivity contribution in [1.82, 2.24) is 9.97 Å². The normalized spacial score (nSPS) is 17.9. The number of ether oxygens (including phenoxy) is 1. The highest BCUT2D eigenvalue weighted by Crippen LogP contribution is 2.39. The lowest BCUT2D eigenvalue weighted by Gasteiger charge is -2.35. The van der Waals surface area contributed by atoms with E-state index in [9.17, 15) is 0 Å². The van der Waals surface area contributed by atoms with Crippen LogP contribution in [-0.4, -0.2) is 23.1 Å². The van der Waals surface area contributed by atoms with Crippen LogP contribution in [0.4, 0.5) is 5.82 Å². The summed E-state index contributed by atoms with van der Waals surface area (Å²) in [5.41, 5.74) is 0.750. The van der Waals surface area contributed by atoms with Crippen molar-refractivity contribution in [2.24, 2.45) is 0 Å². The first-order valence-electron chi connectivity index (χ1n) is 7.94. The highest BCUT2D eigenvalue weighted by molar-refractivity contribution is 5.36. The summed E-state index contributed by atoms with van der Waals surface area (Å²) in [5, 5.41) is 3.37. The van der Waals surface area contributed by atoms with Crippen molar-refractivity contribution in [2.45, 2.75) is 64.9 Å². The second-order valence-corrected chi connectivity index (χ2v) is 5.63. The minimum atomic E-state index is -0.262. The molecule has 2 rings (SSSR count). The van der Waals surface area contributed by atoms with Gasteiger partial charge in [0.15, 0.2) is 5.82 Å². The SMILES string of the molecule is CCCNc1cc(C)nc(C2(OCC)CCCCC2)n1. The van der Waals surface area contributed by atoms with Crippen molar-refractivity contribution in [2.75, 3.05) is 18.5 Å². The third-order valence-corrected chi connectivity index (χ3v) is 3.90. The molecule has 1 fully saturated rings. The van der Waals surface area contributed by atoms with Crippen molar-refractivity contribution in [3.63, 3.8) is 0 Å². The van der Waals surface area contributed by atoms with Crippen LogP contribution < -0.4 is 5.32 Å². The first-order chi connectivity index (χ1) is 9.70. The number of hydrogen-bond acceptors (Lipinski definition) is 4. The zero-order chi connectivity index (χ0) is 14.4. The van der Waals surface area contributed by atoms with Gasteiger partial charge in [0.05, 0.1) is 0 Å². The summed E-state index contributed by atoms with van der Waals surface area (Å²) >= 11 is 0. The minimum Gasteiger partial charge on any atom is -0.370 e. The Balaban J connectivity index is 2.29. The zero-order valence-corrected chi connectivity index (χ0v) is 13.0. The molecule has 20 heavy (non-hydrogen) atoms. The second kappa shape index (κ2) is 7.02. The van der Waals surface area contributed by atoms with E-state index in [4.69, 9.17) is 9.72 Å². The average molecular weight is 277 g/mol. The standard InChI is InChI=1S/C16H27N3O/c1-4-11-17-14-12-13(3)18-15(19-14)16(20-5-2)9-7-6-8-10-16/h12H,4-11H2,1-3H3,(H,17,18,19). The predicted octanol–water partition coefficient (Wildman–Crippen LogP) is 3.80. The molecule has 112 valence electrons. The Hall–Kier alpha value is -1.16. The van der Waals surface area contributed by atoms with Crippen LogP contribution in [0, 0.1) is 6.92 Å². The maximum atomic E-state index is 6.12. The lowest BCUT2D eigenvalue weighted by Crippen LogP contribution is -2.35. The van der Waals surface area contributed by atoms with Gasteiger partial charge < -0.3 is 10.1 Å². The molecule has 4 nitrogen and oxygen atoms in total. The summed E-state index contributed by atoms with van der Waals surface area (Å²) in [6.45, 7) is 7.91. The summed E-state index contributed by atoms with van der Waals surface area (Å²) in [4.78, 5) is 9.42. The Kier molecular flexibility index (Phi) is 5.35. The Morgan fingerprint density at radius 1 is 1.20 bits per heavy atom. The number of hydrogen-bond donors (Lipinski definition) is 1. The Morgan fingerprint density at radius 3 is 2.60 bits per heavy atom. The van der Waals surface area contributed by atoms with Crippen LogP contribution in [-0.2, 0) is 10.3 Å². The van der Waals surface area contributed by atoms with Gasteiger partial charge >= 0.3 is 0 Å². The topological polar surface area (TPSA) is 47.0 Å². The molecule has 0 radical (unpaired) electrons. The summed E-state index contributed by atoms with van der Waals surface area (Å²) in [5.74, 6) is 1.80. The third kappa shape index (κ3) is 3.48. The molecule has 0 spiro atoms. The van der Waals surface area contributed by atoms with Gasteiger partial charge in [-0.2, -0.15) is 0 Å².